The Hall–Kier alpha value is -2.62. The number of rotatable bonds is 3. The van der Waals surface area contributed by atoms with Crippen LogP contribution in [0.2, 0.25) is 0 Å². The van der Waals surface area contributed by atoms with Crippen LogP contribution in [-0.4, -0.2) is 15.3 Å². The molecular weight excluding hydrogens is 262 g/mol. The van der Waals surface area contributed by atoms with Gasteiger partial charge in [0.05, 0.1) is 29.6 Å². The average Bonchev–Trinajstić information content (AvgIpc) is 2.98. The summed E-state index contributed by atoms with van der Waals surface area (Å²) in [6.07, 6.45) is 3.50. The summed E-state index contributed by atoms with van der Waals surface area (Å²) in [5.41, 5.74) is 3.64. The van der Waals surface area contributed by atoms with Crippen LogP contribution in [0, 0.1) is 6.92 Å². The molecule has 3 aromatic rings. The predicted molar refractivity (Wildman–Crippen MR) is 82.3 cm³/mol. The van der Waals surface area contributed by atoms with Crippen molar-refractivity contribution in [3.8, 4) is 0 Å². The number of pyridine rings is 1. The number of carbonyl (C=O) groups is 1. The van der Waals surface area contributed by atoms with Gasteiger partial charge in [0.15, 0.2) is 0 Å². The highest BCUT2D eigenvalue weighted by Gasteiger charge is 2.14. The van der Waals surface area contributed by atoms with Crippen molar-refractivity contribution in [3.63, 3.8) is 0 Å². The standard InChI is InChI=1S/C17H17N3O/c1-12(14-6-4-3-5-7-14)19-17(21)16-9-8-15-10-18-11-20(15)13(16)2/h3-12H,1-2H3,(H,19,21). The third-order valence-electron chi connectivity index (χ3n) is 3.73. The van der Waals surface area contributed by atoms with Crippen molar-refractivity contribution in [2.24, 2.45) is 0 Å². The van der Waals surface area contributed by atoms with Crippen molar-refractivity contribution in [3.05, 3.63) is 71.8 Å². The molecule has 21 heavy (non-hydrogen) atoms. The number of hydrogen-bond acceptors (Lipinski definition) is 2. The third kappa shape index (κ3) is 2.52. The second-order valence-electron chi connectivity index (χ2n) is 5.13. The van der Waals surface area contributed by atoms with Crippen LogP contribution in [0.5, 0.6) is 0 Å². The van der Waals surface area contributed by atoms with E-state index in [4.69, 9.17) is 0 Å². The van der Waals surface area contributed by atoms with Gasteiger partial charge in [-0.25, -0.2) is 4.98 Å². The Kier molecular flexibility index (Phi) is 3.44. The number of nitrogens with zero attached hydrogens (tertiary/aromatic N) is 2. The van der Waals surface area contributed by atoms with Crippen molar-refractivity contribution >= 4 is 11.4 Å². The minimum Gasteiger partial charge on any atom is -0.345 e. The Bertz CT molecular complexity index is 777. The fourth-order valence-corrected chi connectivity index (χ4v) is 2.47. The van der Waals surface area contributed by atoms with Crippen molar-refractivity contribution in [1.82, 2.24) is 14.7 Å². The van der Waals surface area contributed by atoms with Crippen molar-refractivity contribution in [2.45, 2.75) is 19.9 Å². The van der Waals surface area contributed by atoms with Crippen LogP contribution in [0.25, 0.3) is 5.52 Å². The quantitative estimate of drug-likeness (QED) is 0.800. The number of imidazole rings is 1. The van der Waals surface area contributed by atoms with E-state index in [-0.39, 0.29) is 11.9 Å². The van der Waals surface area contributed by atoms with E-state index in [9.17, 15) is 4.79 Å². The molecule has 1 N–H and O–H groups in total. The summed E-state index contributed by atoms with van der Waals surface area (Å²) < 4.78 is 1.92. The fraction of sp³-hybridized carbons (Fsp3) is 0.176. The number of aromatic nitrogens is 2. The van der Waals surface area contributed by atoms with E-state index in [1.165, 1.54) is 0 Å². The number of fused-ring (bicyclic) bond motifs is 1. The molecule has 4 heteroatoms. The van der Waals surface area contributed by atoms with Crippen LogP contribution >= 0.6 is 0 Å². The Balaban J connectivity index is 1.85. The maximum Gasteiger partial charge on any atom is 0.253 e. The van der Waals surface area contributed by atoms with Crippen LogP contribution in [0.1, 0.15) is 34.6 Å². The topological polar surface area (TPSA) is 46.4 Å². The molecule has 3 rings (SSSR count). The van der Waals surface area contributed by atoms with Crippen LogP contribution in [0.4, 0.5) is 0 Å². The normalized spacial score (nSPS) is 12.3. The zero-order valence-electron chi connectivity index (χ0n) is 12.1. The second-order valence-corrected chi connectivity index (χ2v) is 5.13. The van der Waals surface area contributed by atoms with Gasteiger partial charge >= 0.3 is 0 Å². The molecule has 0 saturated carbocycles. The van der Waals surface area contributed by atoms with Gasteiger partial charge in [-0.3, -0.25) is 4.79 Å². The van der Waals surface area contributed by atoms with E-state index in [2.05, 4.69) is 10.3 Å². The Labute approximate surface area is 123 Å². The van der Waals surface area contributed by atoms with Gasteiger partial charge in [0.25, 0.3) is 5.91 Å². The average molecular weight is 279 g/mol. The van der Waals surface area contributed by atoms with E-state index in [1.807, 2.05) is 60.7 Å². The SMILES string of the molecule is Cc1c(C(=O)NC(C)c2ccccc2)ccc2cncn12. The first-order valence-corrected chi connectivity index (χ1v) is 6.94. The number of carbonyl (C=O) groups excluding carboxylic acids is 1. The Morgan fingerprint density at radius 2 is 1.95 bits per heavy atom. The maximum absolute atomic E-state index is 12.5. The van der Waals surface area contributed by atoms with Crippen molar-refractivity contribution in [2.75, 3.05) is 0 Å². The molecular formula is C17H17N3O. The molecule has 2 aromatic heterocycles. The molecule has 0 spiro atoms. The maximum atomic E-state index is 12.5. The van der Waals surface area contributed by atoms with Gasteiger partial charge in [-0.2, -0.15) is 0 Å². The largest absolute Gasteiger partial charge is 0.345 e. The van der Waals surface area contributed by atoms with Crippen LogP contribution in [0.3, 0.4) is 0 Å². The molecule has 1 aromatic carbocycles. The monoisotopic (exact) mass is 279 g/mol. The molecule has 106 valence electrons. The summed E-state index contributed by atoms with van der Waals surface area (Å²) in [6, 6.07) is 13.7. The summed E-state index contributed by atoms with van der Waals surface area (Å²) in [6.45, 7) is 3.91. The molecule has 0 aliphatic rings. The smallest absolute Gasteiger partial charge is 0.253 e. The lowest BCUT2D eigenvalue weighted by Crippen LogP contribution is -2.27. The zero-order chi connectivity index (χ0) is 14.8. The molecule has 0 bridgehead atoms. The molecule has 0 aliphatic carbocycles. The van der Waals surface area contributed by atoms with Crippen LogP contribution in [-0.2, 0) is 0 Å². The number of aryl methyl sites for hydroxylation is 1. The lowest BCUT2D eigenvalue weighted by atomic mass is 10.1. The first-order valence-electron chi connectivity index (χ1n) is 6.94. The number of nitrogens with one attached hydrogen (secondary N) is 1. The van der Waals surface area contributed by atoms with Crippen LogP contribution in [0.15, 0.2) is 55.0 Å². The van der Waals surface area contributed by atoms with E-state index in [0.717, 1.165) is 16.8 Å². The minimum absolute atomic E-state index is 0.0309. The number of benzene rings is 1. The fourth-order valence-electron chi connectivity index (χ4n) is 2.47. The van der Waals surface area contributed by atoms with Gasteiger partial charge in [0, 0.05) is 5.69 Å². The lowest BCUT2D eigenvalue weighted by molar-refractivity contribution is 0.0938. The van der Waals surface area contributed by atoms with Crippen LogP contribution < -0.4 is 5.32 Å². The van der Waals surface area contributed by atoms with Crippen molar-refractivity contribution in [1.29, 1.82) is 0 Å². The molecule has 4 nitrogen and oxygen atoms in total. The molecule has 1 atom stereocenters. The molecule has 1 amide bonds. The molecule has 1 unspecified atom stereocenters. The summed E-state index contributed by atoms with van der Waals surface area (Å²) in [4.78, 5) is 16.6. The zero-order valence-corrected chi connectivity index (χ0v) is 12.1. The first kappa shape index (κ1) is 13.4. The molecule has 2 heterocycles. The van der Waals surface area contributed by atoms with Gasteiger partial charge in [0.1, 0.15) is 0 Å². The Morgan fingerprint density at radius 3 is 2.71 bits per heavy atom. The Morgan fingerprint density at radius 1 is 1.19 bits per heavy atom. The lowest BCUT2D eigenvalue weighted by Gasteiger charge is -2.15. The number of amides is 1. The van der Waals surface area contributed by atoms with Gasteiger partial charge in [-0.05, 0) is 31.5 Å². The van der Waals surface area contributed by atoms with E-state index < -0.39 is 0 Å². The second kappa shape index (κ2) is 5.40. The molecule has 0 fully saturated rings. The van der Waals surface area contributed by atoms with Gasteiger partial charge in [0.2, 0.25) is 0 Å². The van der Waals surface area contributed by atoms with E-state index in [1.54, 1.807) is 12.5 Å². The highest BCUT2D eigenvalue weighted by molar-refractivity contribution is 5.95. The molecule has 0 radical (unpaired) electrons. The first-order chi connectivity index (χ1) is 10.2. The molecule has 0 aliphatic heterocycles. The minimum atomic E-state index is -0.0700. The summed E-state index contributed by atoms with van der Waals surface area (Å²) in [5, 5.41) is 3.04. The van der Waals surface area contributed by atoms with Crippen molar-refractivity contribution < 1.29 is 4.79 Å². The summed E-state index contributed by atoms with van der Waals surface area (Å²) in [5.74, 6) is -0.0700. The van der Waals surface area contributed by atoms with E-state index >= 15 is 0 Å². The predicted octanol–water partition coefficient (Wildman–Crippen LogP) is 3.13. The number of hydrogen-bond donors (Lipinski definition) is 1. The summed E-state index contributed by atoms with van der Waals surface area (Å²) >= 11 is 0. The van der Waals surface area contributed by atoms with Gasteiger partial charge < -0.3 is 9.72 Å². The van der Waals surface area contributed by atoms with E-state index in [0.29, 0.717) is 5.56 Å². The third-order valence-corrected chi connectivity index (χ3v) is 3.73. The van der Waals surface area contributed by atoms with Gasteiger partial charge in [-0.1, -0.05) is 30.3 Å². The summed E-state index contributed by atoms with van der Waals surface area (Å²) in [7, 11) is 0. The highest BCUT2D eigenvalue weighted by atomic mass is 16.1. The highest BCUT2D eigenvalue weighted by Crippen LogP contribution is 2.15. The molecule has 0 saturated heterocycles. The van der Waals surface area contributed by atoms with Gasteiger partial charge in [-0.15, -0.1) is 0 Å².